The number of aliphatic imine (C=N–C) groups is 1. The van der Waals surface area contributed by atoms with Gasteiger partial charge in [0.2, 0.25) is 0 Å². The van der Waals surface area contributed by atoms with Gasteiger partial charge in [-0.1, -0.05) is 0 Å². The molecule has 1 fully saturated rings. The van der Waals surface area contributed by atoms with E-state index in [9.17, 15) is 9.59 Å². The van der Waals surface area contributed by atoms with Crippen molar-refractivity contribution in [2.45, 2.75) is 6.04 Å². The van der Waals surface area contributed by atoms with Gasteiger partial charge >= 0.3 is 6.03 Å². The third-order valence-corrected chi connectivity index (χ3v) is 2.30. The maximum Gasteiger partial charge on any atom is 0.333 e. The van der Waals surface area contributed by atoms with Crippen molar-refractivity contribution in [3.8, 4) is 0 Å². The van der Waals surface area contributed by atoms with Crippen LogP contribution in [0.2, 0.25) is 0 Å². The van der Waals surface area contributed by atoms with Crippen LogP contribution < -0.4 is 0 Å². The number of rotatable bonds is 0. The van der Waals surface area contributed by atoms with Crippen LogP contribution in [0.5, 0.6) is 0 Å². The summed E-state index contributed by atoms with van der Waals surface area (Å²) in [4.78, 5) is 29.1. The van der Waals surface area contributed by atoms with Crippen LogP contribution >= 0.6 is 0 Å². The summed E-state index contributed by atoms with van der Waals surface area (Å²) >= 11 is 0. The van der Waals surface area contributed by atoms with Gasteiger partial charge in [0, 0.05) is 18.1 Å². The highest BCUT2D eigenvalue weighted by molar-refractivity contribution is 6.21. The molecule has 6 heteroatoms. The smallest absolute Gasteiger partial charge is 0.269 e. The Morgan fingerprint density at radius 2 is 2.29 bits per heavy atom. The third kappa shape index (κ3) is 0.905. The van der Waals surface area contributed by atoms with Gasteiger partial charge in [-0.3, -0.25) is 14.6 Å². The summed E-state index contributed by atoms with van der Waals surface area (Å²) in [5.74, 6) is -0.522. The van der Waals surface area contributed by atoms with Crippen molar-refractivity contribution in [3.05, 3.63) is 0 Å². The average molecular weight is 198 g/mol. The minimum atomic E-state index is -2.78. The van der Waals surface area contributed by atoms with E-state index >= 15 is 0 Å². The van der Waals surface area contributed by atoms with Crippen LogP contribution in [-0.4, -0.2) is 65.6 Å². The summed E-state index contributed by atoms with van der Waals surface area (Å²) in [6.45, 7) is -2.78. The van der Waals surface area contributed by atoms with Gasteiger partial charge in [0.25, 0.3) is 24.1 Å². The maximum absolute atomic E-state index is 12.0. The summed E-state index contributed by atoms with van der Waals surface area (Å²) in [6, 6.07) is -1.72. The zero-order valence-electron chi connectivity index (χ0n) is 10.8. The Kier molecular flexibility index (Phi) is 1.11. The number of fused-ring (bicyclic) bond motifs is 1. The molecular formula is C8H11N4O2+. The molecule has 1 saturated heterocycles. The average Bonchev–Trinajstić information content (AvgIpc) is 2.55. The summed E-state index contributed by atoms with van der Waals surface area (Å²) < 4.78 is 23.1. The van der Waals surface area contributed by atoms with E-state index in [1.807, 2.05) is 0 Å². The molecule has 0 N–H and O–H groups in total. The molecule has 0 radical (unpaired) electrons. The molecular weight excluding hydrogens is 184 g/mol. The van der Waals surface area contributed by atoms with E-state index in [4.69, 9.17) is 4.11 Å². The van der Waals surface area contributed by atoms with Crippen molar-refractivity contribution in [1.82, 2.24) is 9.80 Å². The molecule has 74 valence electrons. The van der Waals surface area contributed by atoms with Crippen molar-refractivity contribution in [2.24, 2.45) is 4.99 Å². The van der Waals surface area contributed by atoms with Gasteiger partial charge in [0.15, 0.2) is 0 Å². The quantitative estimate of drug-likeness (QED) is 0.467. The molecule has 14 heavy (non-hydrogen) atoms. The first-order valence-corrected chi connectivity index (χ1v) is 4.00. The fourth-order valence-corrected chi connectivity index (χ4v) is 1.49. The summed E-state index contributed by atoms with van der Waals surface area (Å²) in [5, 5.41) is 0. The van der Waals surface area contributed by atoms with Crippen LogP contribution in [0.1, 0.15) is 4.11 Å². The fraction of sp³-hybridized carbons (Fsp3) is 0.500. The Balaban J connectivity index is 2.47. The number of hydrogen-bond donors (Lipinski definition) is 0. The van der Waals surface area contributed by atoms with E-state index in [1.54, 1.807) is 7.05 Å². The number of urea groups is 1. The zero-order chi connectivity index (χ0) is 13.0. The number of carbonyl (C=O) groups is 2. The standard InChI is InChI=1S/C8H11N4O2/c1-10-4-9-6-5(10)7(13)12(3)8(14)11(6)2/h4-5H,1-3H3/q+1/i3D3. The zero-order valence-corrected chi connectivity index (χ0v) is 7.76. The van der Waals surface area contributed by atoms with E-state index in [1.165, 1.54) is 18.0 Å². The fourth-order valence-electron chi connectivity index (χ4n) is 1.49. The third-order valence-electron chi connectivity index (χ3n) is 2.30. The van der Waals surface area contributed by atoms with Gasteiger partial charge < -0.3 is 0 Å². The SMILES string of the molecule is [2H]C([2H])([2H])N1C(=O)C2C(=NC=[N+]2C)N(C)C1=O. The molecule has 0 aromatic heterocycles. The predicted octanol–water partition coefficient (Wildman–Crippen LogP) is -1.04. The van der Waals surface area contributed by atoms with Crippen molar-refractivity contribution < 1.29 is 18.3 Å². The second-order valence-corrected chi connectivity index (χ2v) is 3.19. The molecule has 3 amide bonds. The van der Waals surface area contributed by atoms with E-state index in [-0.39, 0.29) is 5.84 Å². The van der Waals surface area contributed by atoms with Crippen LogP contribution in [-0.2, 0) is 4.79 Å². The van der Waals surface area contributed by atoms with Gasteiger partial charge in [-0.05, 0) is 4.99 Å². The number of carbonyl (C=O) groups excluding carboxylic acids is 2. The largest absolute Gasteiger partial charge is 0.333 e. The number of imide groups is 1. The number of hydrogen-bond acceptors (Lipinski definition) is 3. The Morgan fingerprint density at radius 1 is 1.57 bits per heavy atom. The van der Waals surface area contributed by atoms with Gasteiger partial charge in [0.1, 0.15) is 0 Å². The first-order chi connectivity index (χ1) is 7.75. The highest BCUT2D eigenvalue weighted by Gasteiger charge is 2.49. The lowest BCUT2D eigenvalue weighted by molar-refractivity contribution is -0.500. The van der Waals surface area contributed by atoms with E-state index in [2.05, 4.69) is 4.99 Å². The summed E-state index contributed by atoms with van der Waals surface area (Å²) in [7, 11) is 2.99. The first kappa shape index (κ1) is 5.90. The monoisotopic (exact) mass is 198 g/mol. The molecule has 2 heterocycles. The molecule has 1 unspecified atom stereocenters. The van der Waals surface area contributed by atoms with Crippen LogP contribution in [0.3, 0.4) is 0 Å². The maximum atomic E-state index is 12.0. The lowest BCUT2D eigenvalue weighted by atomic mass is 10.2. The van der Waals surface area contributed by atoms with Crippen molar-refractivity contribution >= 4 is 24.1 Å². The molecule has 2 aliphatic heterocycles. The molecule has 0 bridgehead atoms. The van der Waals surface area contributed by atoms with Gasteiger partial charge in [-0.25, -0.2) is 9.37 Å². The van der Waals surface area contributed by atoms with E-state index < -0.39 is 25.0 Å². The Labute approximate surface area is 85.3 Å². The van der Waals surface area contributed by atoms with E-state index in [0.717, 1.165) is 4.90 Å². The predicted molar refractivity (Wildman–Crippen MR) is 49.4 cm³/mol. The van der Waals surface area contributed by atoms with Gasteiger partial charge in [0.05, 0.1) is 7.05 Å². The number of nitrogens with zero attached hydrogens (tertiary/aromatic N) is 4. The molecule has 6 nitrogen and oxygen atoms in total. The topological polar surface area (TPSA) is 56.0 Å². The summed E-state index contributed by atoms with van der Waals surface area (Å²) in [6.07, 6.45) is 1.39. The molecule has 0 saturated carbocycles. The molecule has 2 aliphatic rings. The second kappa shape index (κ2) is 2.63. The highest BCUT2D eigenvalue weighted by Crippen LogP contribution is 2.15. The Morgan fingerprint density at radius 3 is 2.93 bits per heavy atom. The van der Waals surface area contributed by atoms with Crippen LogP contribution in [0, 0.1) is 0 Å². The molecule has 0 spiro atoms. The molecule has 2 rings (SSSR count). The molecule has 0 aromatic rings. The number of likely N-dealkylation sites (N-methyl/N-ethyl adjacent to an activating group) is 3. The summed E-state index contributed by atoms with van der Waals surface area (Å²) in [5.41, 5.74) is 0. The number of amides is 3. The van der Waals surface area contributed by atoms with Crippen molar-refractivity contribution in [2.75, 3.05) is 21.1 Å². The Bertz CT molecular complexity index is 468. The van der Waals surface area contributed by atoms with E-state index in [0.29, 0.717) is 4.90 Å². The minimum absolute atomic E-state index is 0.253. The number of amidine groups is 1. The molecule has 1 atom stereocenters. The first-order valence-electron chi connectivity index (χ1n) is 5.50. The Hall–Kier alpha value is -1.72. The van der Waals surface area contributed by atoms with Crippen LogP contribution in [0.4, 0.5) is 4.79 Å². The molecule has 0 aromatic carbocycles. The van der Waals surface area contributed by atoms with Gasteiger partial charge in [-0.15, -0.1) is 0 Å². The van der Waals surface area contributed by atoms with Crippen LogP contribution in [0.25, 0.3) is 0 Å². The highest BCUT2D eigenvalue weighted by atomic mass is 16.2. The lowest BCUT2D eigenvalue weighted by Crippen LogP contribution is -2.61. The minimum Gasteiger partial charge on any atom is -0.269 e. The van der Waals surface area contributed by atoms with Gasteiger partial charge in [-0.2, -0.15) is 0 Å². The van der Waals surface area contributed by atoms with Crippen molar-refractivity contribution in [3.63, 3.8) is 0 Å². The van der Waals surface area contributed by atoms with Crippen LogP contribution in [0.15, 0.2) is 4.99 Å². The second-order valence-electron chi connectivity index (χ2n) is 3.19. The lowest BCUT2D eigenvalue weighted by Gasteiger charge is -2.29. The molecule has 0 aliphatic carbocycles. The normalized spacial score (nSPS) is 30.4. The van der Waals surface area contributed by atoms with Crippen molar-refractivity contribution in [1.29, 1.82) is 0 Å².